The van der Waals surface area contributed by atoms with Gasteiger partial charge in [0.05, 0.1) is 16.1 Å². The van der Waals surface area contributed by atoms with E-state index < -0.39 is 23.2 Å². The number of halogens is 3. The van der Waals surface area contributed by atoms with Gasteiger partial charge in [0, 0.05) is 29.1 Å². The molecular formula is C28H32BrCl2N3O4. The number of hydrogen-bond acceptors (Lipinski definition) is 4. The second kappa shape index (κ2) is 11.4. The van der Waals surface area contributed by atoms with Gasteiger partial charge in [0.2, 0.25) is 11.8 Å². The summed E-state index contributed by atoms with van der Waals surface area (Å²) >= 11 is 15.9. The molecule has 204 valence electrons. The van der Waals surface area contributed by atoms with Crippen molar-refractivity contribution in [2.24, 2.45) is 5.41 Å². The Kier molecular flexibility index (Phi) is 8.65. The van der Waals surface area contributed by atoms with Crippen molar-refractivity contribution in [1.82, 2.24) is 10.2 Å². The van der Waals surface area contributed by atoms with Gasteiger partial charge in [0.15, 0.2) is 0 Å². The van der Waals surface area contributed by atoms with Crippen molar-refractivity contribution in [3.05, 3.63) is 62.5 Å². The minimum absolute atomic E-state index is 0.202. The van der Waals surface area contributed by atoms with Crippen LogP contribution in [0.3, 0.4) is 0 Å². The van der Waals surface area contributed by atoms with E-state index in [1.54, 1.807) is 28.0 Å². The summed E-state index contributed by atoms with van der Waals surface area (Å²) in [6, 6.07) is 12.1. The molecule has 2 aromatic carbocycles. The van der Waals surface area contributed by atoms with Crippen molar-refractivity contribution in [3.8, 4) is 0 Å². The molecule has 2 unspecified atom stereocenters. The van der Waals surface area contributed by atoms with Crippen molar-refractivity contribution in [2.75, 3.05) is 24.5 Å². The normalized spacial score (nSPS) is 21.9. The molecule has 2 aliphatic rings. The third kappa shape index (κ3) is 6.64. The number of nitrogens with one attached hydrogen (secondary N) is 1. The molecule has 2 atom stereocenters. The number of carbonyl (C=O) groups excluding carboxylic acids is 3. The van der Waals surface area contributed by atoms with E-state index >= 15 is 0 Å². The van der Waals surface area contributed by atoms with E-state index in [9.17, 15) is 14.4 Å². The van der Waals surface area contributed by atoms with Crippen molar-refractivity contribution >= 4 is 62.7 Å². The molecule has 2 aliphatic heterocycles. The summed E-state index contributed by atoms with van der Waals surface area (Å²) in [7, 11) is 0. The Bertz CT molecular complexity index is 1230. The maximum atomic E-state index is 14.0. The molecule has 7 nitrogen and oxygen atoms in total. The Morgan fingerprint density at radius 1 is 1.16 bits per heavy atom. The molecule has 2 saturated heterocycles. The number of benzene rings is 2. The van der Waals surface area contributed by atoms with Gasteiger partial charge < -0.3 is 19.9 Å². The van der Waals surface area contributed by atoms with Gasteiger partial charge in [-0.15, -0.1) is 0 Å². The van der Waals surface area contributed by atoms with Gasteiger partial charge in [-0.25, -0.2) is 4.79 Å². The summed E-state index contributed by atoms with van der Waals surface area (Å²) in [6.45, 7) is 6.54. The van der Waals surface area contributed by atoms with Gasteiger partial charge in [-0.3, -0.25) is 9.59 Å². The highest BCUT2D eigenvalue weighted by Gasteiger charge is 2.48. The molecule has 0 saturated carbocycles. The first kappa shape index (κ1) is 28.7. The van der Waals surface area contributed by atoms with E-state index in [2.05, 4.69) is 21.2 Å². The van der Waals surface area contributed by atoms with Crippen LogP contribution < -0.4 is 10.2 Å². The first-order chi connectivity index (χ1) is 17.9. The fourth-order valence-corrected chi connectivity index (χ4v) is 6.02. The summed E-state index contributed by atoms with van der Waals surface area (Å²) in [6.07, 6.45) is 1.66. The minimum atomic E-state index is -0.905. The summed E-state index contributed by atoms with van der Waals surface area (Å²) in [5.41, 5.74) is -0.0144. The van der Waals surface area contributed by atoms with Gasteiger partial charge in [-0.1, -0.05) is 51.3 Å². The monoisotopic (exact) mass is 623 g/mol. The third-order valence-electron chi connectivity index (χ3n) is 6.86. The van der Waals surface area contributed by atoms with Crippen LogP contribution in [0, 0.1) is 5.41 Å². The maximum absolute atomic E-state index is 14.0. The van der Waals surface area contributed by atoms with Crippen LogP contribution in [-0.4, -0.2) is 54.1 Å². The van der Waals surface area contributed by atoms with E-state index in [1.807, 2.05) is 45.0 Å². The van der Waals surface area contributed by atoms with Gasteiger partial charge in [0.1, 0.15) is 11.6 Å². The van der Waals surface area contributed by atoms with E-state index in [1.165, 1.54) is 0 Å². The van der Waals surface area contributed by atoms with Gasteiger partial charge in [-0.2, -0.15) is 0 Å². The summed E-state index contributed by atoms with van der Waals surface area (Å²) in [5, 5.41) is 3.90. The first-order valence-corrected chi connectivity index (χ1v) is 14.2. The van der Waals surface area contributed by atoms with E-state index in [0.717, 1.165) is 10.0 Å². The van der Waals surface area contributed by atoms with Gasteiger partial charge >= 0.3 is 6.09 Å². The molecule has 0 aliphatic carbocycles. The van der Waals surface area contributed by atoms with Gasteiger partial charge in [-0.05, 0) is 82.3 Å². The topological polar surface area (TPSA) is 79.0 Å². The van der Waals surface area contributed by atoms with Crippen LogP contribution in [0.2, 0.25) is 10.0 Å². The average Bonchev–Trinajstić information content (AvgIpc) is 3.25. The van der Waals surface area contributed by atoms with Crippen molar-refractivity contribution < 1.29 is 19.1 Å². The molecule has 0 bridgehead atoms. The van der Waals surface area contributed by atoms with Crippen LogP contribution in [0.25, 0.3) is 0 Å². The smallest absolute Gasteiger partial charge is 0.410 e. The van der Waals surface area contributed by atoms with Crippen LogP contribution in [0.4, 0.5) is 10.5 Å². The molecule has 1 N–H and O–H groups in total. The lowest BCUT2D eigenvalue weighted by Gasteiger charge is -2.36. The predicted octanol–water partition coefficient (Wildman–Crippen LogP) is 6.24. The number of hydrogen-bond donors (Lipinski definition) is 1. The number of anilines is 1. The molecule has 2 aromatic rings. The molecular weight excluding hydrogens is 593 g/mol. The minimum Gasteiger partial charge on any atom is -0.444 e. The van der Waals surface area contributed by atoms with E-state index in [4.69, 9.17) is 27.9 Å². The van der Waals surface area contributed by atoms with Crippen molar-refractivity contribution in [1.29, 1.82) is 0 Å². The largest absolute Gasteiger partial charge is 0.444 e. The Balaban J connectivity index is 1.56. The molecule has 38 heavy (non-hydrogen) atoms. The number of amides is 3. The Hall–Kier alpha value is -2.29. The van der Waals surface area contributed by atoms with Crippen LogP contribution in [0.15, 0.2) is 46.9 Å². The van der Waals surface area contributed by atoms with E-state index in [-0.39, 0.29) is 18.4 Å². The van der Waals surface area contributed by atoms with Crippen molar-refractivity contribution in [3.63, 3.8) is 0 Å². The fourth-order valence-electron chi connectivity index (χ4n) is 5.06. The average molecular weight is 625 g/mol. The standard InChI is InChI=1S/C28H32BrCl2N3O4/c1-27(2,3)38-26(37)33-13-11-28(17-33,16-18-6-4-7-19(29)14-18)25(36)32-22-8-5-12-34(24(22)35)23-10-9-20(30)15-21(23)31/h4,6-7,9-10,14-15,22H,5,8,11-13,16-17H2,1-3H3,(H,32,36). The zero-order valence-corrected chi connectivity index (χ0v) is 24.8. The Labute approximate surface area is 241 Å². The number of carbonyl (C=O) groups is 3. The van der Waals surface area contributed by atoms with Crippen LogP contribution in [-0.2, 0) is 20.7 Å². The van der Waals surface area contributed by atoms with Crippen molar-refractivity contribution in [2.45, 2.75) is 58.1 Å². The Morgan fingerprint density at radius 3 is 2.61 bits per heavy atom. The first-order valence-electron chi connectivity index (χ1n) is 12.7. The van der Waals surface area contributed by atoms with Crippen LogP contribution in [0.1, 0.15) is 45.6 Å². The molecule has 0 aromatic heterocycles. The molecule has 0 spiro atoms. The lowest BCUT2D eigenvalue weighted by atomic mass is 9.79. The second-order valence-corrected chi connectivity index (χ2v) is 12.8. The van der Waals surface area contributed by atoms with Gasteiger partial charge in [0.25, 0.3) is 0 Å². The number of ether oxygens (including phenoxy) is 1. The zero-order chi connectivity index (χ0) is 27.7. The summed E-state index contributed by atoms with van der Waals surface area (Å²) in [4.78, 5) is 43.5. The SMILES string of the molecule is CC(C)(C)OC(=O)N1CCC(Cc2cccc(Br)c2)(C(=O)NC2CCCN(c3ccc(Cl)cc3Cl)C2=O)C1. The lowest BCUT2D eigenvalue weighted by Crippen LogP contribution is -2.56. The number of likely N-dealkylation sites (tertiary alicyclic amines) is 1. The predicted molar refractivity (Wildman–Crippen MR) is 153 cm³/mol. The molecule has 2 heterocycles. The number of rotatable bonds is 5. The zero-order valence-electron chi connectivity index (χ0n) is 21.7. The quantitative estimate of drug-likeness (QED) is 0.427. The molecule has 10 heteroatoms. The molecule has 4 rings (SSSR count). The molecule has 3 amide bonds. The highest BCUT2D eigenvalue weighted by molar-refractivity contribution is 9.10. The molecule has 2 fully saturated rings. The molecule has 0 radical (unpaired) electrons. The Morgan fingerprint density at radius 2 is 1.92 bits per heavy atom. The second-order valence-electron chi connectivity index (χ2n) is 11.0. The summed E-state index contributed by atoms with van der Waals surface area (Å²) in [5.74, 6) is -0.459. The van der Waals surface area contributed by atoms with E-state index in [0.29, 0.717) is 54.5 Å². The lowest BCUT2D eigenvalue weighted by molar-refractivity contribution is -0.134. The highest BCUT2D eigenvalue weighted by Crippen LogP contribution is 2.37. The van der Waals surface area contributed by atoms with Crippen LogP contribution >= 0.6 is 39.1 Å². The maximum Gasteiger partial charge on any atom is 0.410 e. The summed E-state index contributed by atoms with van der Waals surface area (Å²) < 4.78 is 6.49. The fraction of sp³-hybridized carbons (Fsp3) is 0.464. The van der Waals surface area contributed by atoms with Crippen LogP contribution in [0.5, 0.6) is 0 Å². The highest BCUT2D eigenvalue weighted by atomic mass is 79.9. The number of piperidine rings is 1. The number of nitrogens with zero attached hydrogens (tertiary/aromatic N) is 2. The third-order valence-corrected chi connectivity index (χ3v) is 7.89.